The monoisotopic (exact) mass is 850 g/mol. The van der Waals surface area contributed by atoms with E-state index in [-0.39, 0.29) is 16.7 Å². The quantitative estimate of drug-likeness (QED) is 0.159. The van der Waals surface area contributed by atoms with Gasteiger partial charge in [0, 0.05) is 38.8 Å². The number of rotatable bonds is 7. The summed E-state index contributed by atoms with van der Waals surface area (Å²) in [6.07, 6.45) is 0. The number of aromatic nitrogens is 1. The van der Waals surface area contributed by atoms with Gasteiger partial charge in [-0.25, -0.2) is 0 Å². The van der Waals surface area contributed by atoms with Crippen molar-refractivity contribution in [2.24, 2.45) is 0 Å². The second-order valence-electron chi connectivity index (χ2n) is 15.1. The Hall–Kier alpha value is -8.66. The van der Waals surface area contributed by atoms with Crippen LogP contribution in [0.1, 0.15) is 30.2 Å². The molecule has 0 fully saturated rings. The first-order valence-corrected chi connectivity index (χ1v) is 20.5. The molecule has 3 nitrogen and oxygen atoms in total. The summed E-state index contributed by atoms with van der Waals surface area (Å²) in [7, 11) is 0. The van der Waals surface area contributed by atoms with Crippen LogP contribution in [0.4, 0.5) is 17.1 Å². The SMILES string of the molecule is [2H]c1c([2H])c(N(c2c([2H])c([2H])c(-c3c([2H])c([2H])c([2H])c4c([2H])c([2H])c([2H])c([2H])c34)c([2H])c2[2H])c2ccc(-c3cccc(-n4c5ccccc5c5ccccc54)c3)c3oc4ccccc4c23)c([2H])c([2H])c1-c1c([2H])c([2H])c2c([2H])c([2H])c([2H])c([2H])c2c1[2H]. The van der Waals surface area contributed by atoms with Crippen LogP contribution in [-0.4, -0.2) is 4.57 Å². The third-order valence-corrected chi connectivity index (χ3v) is 11.5. The zero-order chi connectivity index (χ0) is 62.0. The van der Waals surface area contributed by atoms with Crippen LogP contribution in [0.25, 0.3) is 104 Å². The molecule has 0 spiro atoms. The molecule has 2 aromatic heterocycles. The number of anilines is 3. The summed E-state index contributed by atoms with van der Waals surface area (Å²) in [4.78, 5) is 0.988. The molecule has 0 atom stereocenters. The normalized spacial score (nSPS) is 16.4. The molecule has 13 aromatic rings. The number of para-hydroxylation sites is 3. The predicted molar refractivity (Wildman–Crippen MR) is 274 cm³/mol. The molecule has 0 saturated heterocycles. The molecule has 3 heteroatoms. The molecule has 0 aliphatic carbocycles. The third kappa shape index (κ3) is 6.12. The third-order valence-electron chi connectivity index (χ3n) is 11.5. The van der Waals surface area contributed by atoms with Crippen molar-refractivity contribution in [2.75, 3.05) is 4.90 Å². The number of furan rings is 1. The highest BCUT2D eigenvalue weighted by Gasteiger charge is 2.23. The van der Waals surface area contributed by atoms with Crippen molar-refractivity contribution in [1.82, 2.24) is 4.57 Å². The van der Waals surface area contributed by atoms with Crippen LogP contribution in [0.5, 0.6) is 0 Å². The van der Waals surface area contributed by atoms with Gasteiger partial charge in [0.2, 0.25) is 0 Å². The highest BCUT2D eigenvalue weighted by Crippen LogP contribution is 2.47. The Bertz CT molecular complexity index is 5170. The van der Waals surface area contributed by atoms with E-state index in [4.69, 9.17) is 22.2 Å². The van der Waals surface area contributed by atoms with Crippen LogP contribution >= 0.6 is 0 Å². The van der Waals surface area contributed by atoms with E-state index < -0.39 is 188 Å². The van der Waals surface area contributed by atoms with E-state index in [9.17, 15) is 12.3 Å². The first-order valence-electron chi connectivity index (χ1n) is 31.5. The smallest absolute Gasteiger partial charge is 0.145 e. The number of hydrogen-bond acceptors (Lipinski definition) is 2. The van der Waals surface area contributed by atoms with E-state index in [1.807, 2.05) is 72.8 Å². The molecule has 0 aliphatic heterocycles. The lowest BCUT2D eigenvalue weighted by molar-refractivity contribution is 0.670. The Morgan fingerprint density at radius 1 is 0.415 bits per heavy atom. The first-order chi connectivity index (χ1) is 41.4. The van der Waals surface area contributed by atoms with Crippen LogP contribution < -0.4 is 4.90 Å². The van der Waals surface area contributed by atoms with Gasteiger partial charge in [0.05, 0.1) is 52.3 Å². The topological polar surface area (TPSA) is 21.3 Å². The molecular formula is C62H40N2O. The zero-order valence-electron chi connectivity index (χ0n) is 55.7. The van der Waals surface area contributed by atoms with Gasteiger partial charge in [0.25, 0.3) is 0 Å². The summed E-state index contributed by atoms with van der Waals surface area (Å²) >= 11 is 0. The van der Waals surface area contributed by atoms with Crippen molar-refractivity contribution in [2.45, 2.75) is 0 Å². The van der Waals surface area contributed by atoms with Gasteiger partial charge in [0.1, 0.15) is 11.2 Å². The standard InChI is InChI=1S/C62H40N2O/c1-2-15-45-39-46(28-27-41(45)13-1)42-29-33-48(34-30-42)63(49-35-31-44(32-36-49)52-23-12-16-43-14-3-4-19-51(43)52)59-38-37-53(62-61(59)56-22-7-10-26-60(56)65-62)47-17-11-18-50(40-47)64-57-24-8-5-20-54(57)55-21-6-9-25-58(55)64/h1-40H/i1D,2D,3D,4D,12D,13D,14D,15D,16D,19D,23D,27D,28D,29D,30D,31D,32D,33D,34D,35D,36D,39D. The van der Waals surface area contributed by atoms with Crippen molar-refractivity contribution in [3.8, 4) is 39.1 Å². The molecule has 11 aromatic carbocycles. The number of fused-ring (bicyclic) bond motifs is 8. The first kappa shape index (κ1) is 21.1. The molecule has 0 aliphatic rings. The lowest BCUT2D eigenvalue weighted by Gasteiger charge is -2.27. The molecule has 65 heavy (non-hydrogen) atoms. The van der Waals surface area contributed by atoms with Gasteiger partial charge in [-0.15, -0.1) is 0 Å². The van der Waals surface area contributed by atoms with E-state index in [1.165, 1.54) is 6.07 Å². The fourth-order valence-corrected chi connectivity index (χ4v) is 8.58. The summed E-state index contributed by atoms with van der Waals surface area (Å²) in [5.41, 5.74) is 0.00279. The second-order valence-corrected chi connectivity index (χ2v) is 15.1. The summed E-state index contributed by atoms with van der Waals surface area (Å²) in [6, 6.07) is 15.0. The average molecular weight is 851 g/mol. The van der Waals surface area contributed by atoms with E-state index in [2.05, 4.69) is 4.57 Å². The average Bonchev–Trinajstić information content (AvgIpc) is 1.06. The van der Waals surface area contributed by atoms with Crippen LogP contribution in [0.3, 0.4) is 0 Å². The van der Waals surface area contributed by atoms with Gasteiger partial charge >= 0.3 is 0 Å². The van der Waals surface area contributed by atoms with Crippen LogP contribution in [0.2, 0.25) is 0 Å². The van der Waals surface area contributed by atoms with Crippen molar-refractivity contribution in [1.29, 1.82) is 0 Å². The minimum atomic E-state index is -0.950. The maximum Gasteiger partial charge on any atom is 0.145 e. The lowest BCUT2D eigenvalue weighted by Crippen LogP contribution is -2.10. The fourth-order valence-electron chi connectivity index (χ4n) is 8.58. The summed E-state index contributed by atoms with van der Waals surface area (Å²) < 4.78 is 210. The molecule has 0 saturated carbocycles. The predicted octanol–water partition coefficient (Wildman–Crippen LogP) is 17.5. The number of benzene rings is 11. The summed E-state index contributed by atoms with van der Waals surface area (Å²) in [6.45, 7) is 0. The van der Waals surface area contributed by atoms with Crippen molar-refractivity contribution < 1.29 is 34.6 Å². The number of hydrogen-bond donors (Lipinski definition) is 0. The lowest BCUT2D eigenvalue weighted by atomic mass is 9.97. The molecule has 304 valence electrons. The van der Waals surface area contributed by atoms with Gasteiger partial charge < -0.3 is 13.9 Å². The Labute approximate surface area is 407 Å². The molecule has 13 rings (SSSR count). The summed E-state index contributed by atoms with van der Waals surface area (Å²) in [5.74, 6) is 0. The van der Waals surface area contributed by atoms with Crippen molar-refractivity contribution in [3.05, 3.63) is 242 Å². The van der Waals surface area contributed by atoms with Gasteiger partial charge in [0.15, 0.2) is 0 Å². The molecule has 0 radical (unpaired) electrons. The van der Waals surface area contributed by atoms with Crippen LogP contribution in [-0.2, 0) is 0 Å². The minimum absolute atomic E-state index is 0.0930. The molecule has 0 bridgehead atoms. The molecule has 0 unspecified atom stereocenters. The van der Waals surface area contributed by atoms with E-state index in [1.54, 1.807) is 30.3 Å². The van der Waals surface area contributed by atoms with Crippen LogP contribution in [0.15, 0.2) is 247 Å². The number of nitrogens with zero attached hydrogens (tertiary/aromatic N) is 2. The van der Waals surface area contributed by atoms with Gasteiger partial charge in [-0.1, -0.05) is 169 Å². The molecule has 0 N–H and O–H groups in total. The van der Waals surface area contributed by atoms with Gasteiger partial charge in [-0.3, -0.25) is 0 Å². The Morgan fingerprint density at radius 3 is 1.82 bits per heavy atom. The summed E-state index contributed by atoms with van der Waals surface area (Å²) in [5, 5.41) is 0.594. The zero-order valence-corrected chi connectivity index (χ0v) is 33.7. The van der Waals surface area contributed by atoms with Gasteiger partial charge in [-0.2, -0.15) is 0 Å². The highest BCUT2D eigenvalue weighted by molar-refractivity contribution is 6.17. The Balaban J connectivity index is 1.13. The van der Waals surface area contributed by atoms with Crippen molar-refractivity contribution in [3.63, 3.8) is 0 Å². The highest BCUT2D eigenvalue weighted by atomic mass is 16.3. The Kier molecular flexibility index (Phi) is 4.88. The maximum absolute atomic E-state index is 9.96. The van der Waals surface area contributed by atoms with Crippen molar-refractivity contribution >= 4 is 82.4 Å². The fraction of sp³-hybridized carbons (Fsp3) is 0. The molecule has 0 amide bonds. The minimum Gasteiger partial charge on any atom is -0.455 e. The second kappa shape index (κ2) is 15.0. The van der Waals surface area contributed by atoms with E-state index >= 15 is 0 Å². The largest absolute Gasteiger partial charge is 0.455 e. The maximum atomic E-state index is 9.96. The molecule has 2 heterocycles. The van der Waals surface area contributed by atoms with Crippen LogP contribution in [0, 0.1) is 0 Å². The van der Waals surface area contributed by atoms with E-state index in [0.29, 0.717) is 22.1 Å². The molecular weight excluding hydrogens is 789 g/mol. The van der Waals surface area contributed by atoms with E-state index in [0.717, 1.165) is 32.4 Å². The Morgan fingerprint density at radius 2 is 1.05 bits per heavy atom. The van der Waals surface area contributed by atoms with Gasteiger partial charge in [-0.05, 0) is 122 Å².